The third kappa shape index (κ3) is 3.91. The Morgan fingerprint density at radius 1 is 1.06 bits per heavy atom. The monoisotopic (exact) mass is 467 g/mol. The number of nitrogens with one attached hydrogen (secondary N) is 3. The van der Waals surface area contributed by atoms with Gasteiger partial charge in [-0.15, -0.1) is 0 Å². The second kappa shape index (κ2) is 9.07. The van der Waals surface area contributed by atoms with Gasteiger partial charge in [-0.05, 0) is 56.0 Å². The van der Waals surface area contributed by atoms with Crippen molar-refractivity contribution in [3.05, 3.63) is 48.0 Å². The van der Waals surface area contributed by atoms with Crippen molar-refractivity contribution in [1.82, 2.24) is 40.4 Å². The average molecular weight is 468 g/mol. The van der Waals surface area contributed by atoms with Gasteiger partial charge in [0.15, 0.2) is 17.1 Å². The van der Waals surface area contributed by atoms with Crippen molar-refractivity contribution < 1.29 is 0 Å². The summed E-state index contributed by atoms with van der Waals surface area (Å²) < 4.78 is 0. The van der Waals surface area contributed by atoms with Gasteiger partial charge in [-0.1, -0.05) is 6.92 Å². The lowest BCUT2D eigenvalue weighted by Gasteiger charge is -2.28. The van der Waals surface area contributed by atoms with E-state index in [1.807, 2.05) is 24.8 Å². The molecule has 0 radical (unpaired) electrons. The zero-order chi connectivity index (χ0) is 23.8. The van der Waals surface area contributed by atoms with Crippen LogP contribution >= 0.6 is 0 Å². The standard InChI is InChI=1S/C26H29N9/c1-3-27-12-18-13-28-15-20(16(18)2)17-11-19-22(33-34-24(19)30-14-17)26-31-23-21(7-8-29-25(23)32-26)35-9-5-4-6-10-35/h7-8,11,13-15,27H,3-6,9-10,12H2,1-2H3,(H,29,31,32)(H,30,33,34). The van der Waals surface area contributed by atoms with Crippen LogP contribution in [0.4, 0.5) is 5.69 Å². The molecule has 9 nitrogen and oxygen atoms in total. The van der Waals surface area contributed by atoms with E-state index >= 15 is 0 Å². The minimum atomic E-state index is 0.655. The van der Waals surface area contributed by atoms with Gasteiger partial charge < -0.3 is 15.2 Å². The molecule has 0 saturated carbocycles. The number of piperidine rings is 1. The third-order valence-corrected chi connectivity index (χ3v) is 6.91. The molecule has 1 fully saturated rings. The van der Waals surface area contributed by atoms with Gasteiger partial charge in [-0.2, -0.15) is 5.10 Å². The van der Waals surface area contributed by atoms with E-state index in [4.69, 9.17) is 4.98 Å². The van der Waals surface area contributed by atoms with Crippen molar-refractivity contribution in [2.45, 2.75) is 39.7 Å². The fraction of sp³-hybridized carbons (Fsp3) is 0.346. The topological polar surface area (TPSA) is 111 Å². The maximum atomic E-state index is 4.82. The van der Waals surface area contributed by atoms with Crippen molar-refractivity contribution in [3.63, 3.8) is 0 Å². The maximum Gasteiger partial charge on any atom is 0.181 e. The zero-order valence-corrected chi connectivity index (χ0v) is 20.1. The van der Waals surface area contributed by atoms with E-state index in [0.29, 0.717) is 17.1 Å². The molecule has 6 rings (SSSR count). The molecule has 0 amide bonds. The van der Waals surface area contributed by atoms with Gasteiger partial charge >= 0.3 is 0 Å². The molecule has 3 N–H and O–H groups in total. The number of anilines is 1. The van der Waals surface area contributed by atoms with Gasteiger partial charge in [0.1, 0.15) is 11.2 Å². The van der Waals surface area contributed by atoms with Gasteiger partial charge in [-0.3, -0.25) is 10.1 Å². The van der Waals surface area contributed by atoms with Gasteiger partial charge in [-0.25, -0.2) is 15.0 Å². The Kier molecular flexibility index (Phi) is 5.61. The molecule has 0 bridgehead atoms. The molecule has 5 aromatic heterocycles. The van der Waals surface area contributed by atoms with Crippen molar-refractivity contribution in [3.8, 4) is 22.6 Å². The minimum absolute atomic E-state index is 0.655. The highest BCUT2D eigenvalue weighted by molar-refractivity contribution is 5.95. The maximum absolute atomic E-state index is 4.82. The molecule has 1 aliphatic heterocycles. The predicted molar refractivity (Wildman–Crippen MR) is 138 cm³/mol. The minimum Gasteiger partial charge on any atom is -0.370 e. The first-order valence-corrected chi connectivity index (χ1v) is 12.3. The van der Waals surface area contributed by atoms with E-state index in [1.54, 1.807) is 0 Å². The zero-order valence-electron chi connectivity index (χ0n) is 20.1. The SMILES string of the molecule is CCNCc1cncc(-c2cnc3n[nH]c(-c4nc5nccc(N6CCCCC6)c5[nH]4)c3c2)c1C. The lowest BCUT2D eigenvalue weighted by Crippen LogP contribution is -2.29. The molecule has 0 aromatic carbocycles. The van der Waals surface area contributed by atoms with E-state index < -0.39 is 0 Å². The Morgan fingerprint density at radius 3 is 2.80 bits per heavy atom. The van der Waals surface area contributed by atoms with Crippen LogP contribution in [0.3, 0.4) is 0 Å². The number of imidazole rings is 1. The van der Waals surface area contributed by atoms with Crippen LogP contribution < -0.4 is 10.2 Å². The fourth-order valence-electron chi connectivity index (χ4n) is 4.94. The number of nitrogens with zero attached hydrogens (tertiary/aromatic N) is 6. The summed E-state index contributed by atoms with van der Waals surface area (Å²) in [5.74, 6) is 0.717. The molecule has 0 aliphatic carbocycles. The Hall–Kier alpha value is -3.85. The van der Waals surface area contributed by atoms with E-state index in [-0.39, 0.29) is 0 Å². The Bertz CT molecular complexity index is 1490. The van der Waals surface area contributed by atoms with E-state index in [2.05, 4.69) is 66.3 Å². The molecular weight excluding hydrogens is 438 g/mol. The summed E-state index contributed by atoms with van der Waals surface area (Å²) in [7, 11) is 0. The quantitative estimate of drug-likeness (QED) is 0.340. The number of rotatable bonds is 6. The number of aromatic amines is 2. The van der Waals surface area contributed by atoms with Gasteiger partial charge in [0.2, 0.25) is 0 Å². The predicted octanol–water partition coefficient (Wildman–Crippen LogP) is 4.37. The van der Waals surface area contributed by atoms with Crippen LogP contribution in [-0.2, 0) is 6.54 Å². The molecular formula is C26H29N9. The molecule has 178 valence electrons. The van der Waals surface area contributed by atoms with Gasteiger partial charge in [0, 0.05) is 55.5 Å². The van der Waals surface area contributed by atoms with Crippen LogP contribution in [0.1, 0.15) is 37.3 Å². The van der Waals surface area contributed by atoms with Crippen LogP contribution in [-0.4, -0.2) is 54.8 Å². The number of aromatic nitrogens is 7. The highest BCUT2D eigenvalue weighted by atomic mass is 15.2. The Morgan fingerprint density at radius 2 is 1.94 bits per heavy atom. The average Bonchev–Trinajstić information content (AvgIpc) is 3.52. The van der Waals surface area contributed by atoms with Crippen molar-refractivity contribution in [2.75, 3.05) is 24.5 Å². The summed E-state index contributed by atoms with van der Waals surface area (Å²) in [4.78, 5) is 24.4. The smallest absolute Gasteiger partial charge is 0.181 e. The lowest BCUT2D eigenvalue weighted by molar-refractivity contribution is 0.578. The first kappa shape index (κ1) is 21.7. The first-order valence-electron chi connectivity index (χ1n) is 12.3. The van der Waals surface area contributed by atoms with E-state index in [1.165, 1.54) is 30.4 Å². The molecule has 35 heavy (non-hydrogen) atoms. The second-order valence-electron chi connectivity index (χ2n) is 9.11. The van der Waals surface area contributed by atoms with Gasteiger partial charge in [0.25, 0.3) is 0 Å². The molecule has 0 unspecified atom stereocenters. The molecule has 0 atom stereocenters. The summed E-state index contributed by atoms with van der Waals surface area (Å²) in [6.07, 6.45) is 11.3. The summed E-state index contributed by atoms with van der Waals surface area (Å²) in [5, 5.41) is 11.9. The van der Waals surface area contributed by atoms with E-state index in [9.17, 15) is 0 Å². The van der Waals surface area contributed by atoms with Crippen LogP contribution in [0.15, 0.2) is 36.9 Å². The summed E-state index contributed by atoms with van der Waals surface area (Å²) in [6.45, 7) is 8.08. The van der Waals surface area contributed by atoms with Crippen LogP contribution in [0.2, 0.25) is 0 Å². The molecule has 1 saturated heterocycles. The first-order chi connectivity index (χ1) is 17.2. The summed E-state index contributed by atoms with van der Waals surface area (Å²) in [6, 6.07) is 4.20. The number of hydrogen-bond acceptors (Lipinski definition) is 7. The number of hydrogen-bond donors (Lipinski definition) is 3. The highest BCUT2D eigenvalue weighted by Crippen LogP contribution is 2.33. The largest absolute Gasteiger partial charge is 0.370 e. The van der Waals surface area contributed by atoms with Crippen LogP contribution in [0, 0.1) is 6.92 Å². The van der Waals surface area contributed by atoms with Crippen molar-refractivity contribution in [2.24, 2.45) is 0 Å². The van der Waals surface area contributed by atoms with Crippen LogP contribution in [0.5, 0.6) is 0 Å². The lowest BCUT2D eigenvalue weighted by atomic mass is 9.99. The highest BCUT2D eigenvalue weighted by Gasteiger charge is 2.19. The number of H-pyrrole nitrogens is 2. The second-order valence-corrected chi connectivity index (χ2v) is 9.11. The molecule has 9 heteroatoms. The summed E-state index contributed by atoms with van der Waals surface area (Å²) >= 11 is 0. The Balaban J connectivity index is 1.42. The summed E-state index contributed by atoms with van der Waals surface area (Å²) in [5.41, 5.74) is 8.77. The fourth-order valence-corrected chi connectivity index (χ4v) is 4.94. The van der Waals surface area contributed by atoms with Crippen molar-refractivity contribution in [1.29, 1.82) is 0 Å². The number of pyridine rings is 3. The van der Waals surface area contributed by atoms with Crippen LogP contribution in [0.25, 0.3) is 44.8 Å². The molecule has 5 aromatic rings. The molecule has 0 spiro atoms. The van der Waals surface area contributed by atoms with Gasteiger partial charge in [0.05, 0.1) is 11.1 Å². The van der Waals surface area contributed by atoms with Crippen molar-refractivity contribution >= 4 is 27.9 Å². The number of fused-ring (bicyclic) bond motifs is 2. The molecule has 1 aliphatic rings. The Labute approximate surface area is 203 Å². The molecule has 6 heterocycles. The third-order valence-electron chi connectivity index (χ3n) is 6.91. The normalized spacial score (nSPS) is 14.3. The van der Waals surface area contributed by atoms with E-state index in [0.717, 1.165) is 59.6 Å².